The van der Waals surface area contributed by atoms with Crippen LogP contribution in [0.2, 0.25) is 0 Å². The summed E-state index contributed by atoms with van der Waals surface area (Å²) in [4.78, 5) is 4.68. The minimum absolute atomic E-state index is 0.338. The van der Waals surface area contributed by atoms with E-state index in [9.17, 15) is 0 Å². The SMILES string of the molecule is Cc1cccc(N(C)CC2(N(C)C)CCC2)c1N. The molecule has 3 heteroatoms. The summed E-state index contributed by atoms with van der Waals surface area (Å²) in [6.07, 6.45) is 3.92. The first-order chi connectivity index (χ1) is 8.46. The summed E-state index contributed by atoms with van der Waals surface area (Å²) in [6, 6.07) is 6.27. The van der Waals surface area contributed by atoms with Gasteiger partial charge in [-0.1, -0.05) is 12.1 Å². The van der Waals surface area contributed by atoms with E-state index in [4.69, 9.17) is 5.73 Å². The lowest BCUT2D eigenvalue weighted by atomic mass is 9.75. The zero-order valence-corrected chi connectivity index (χ0v) is 12.0. The molecule has 100 valence electrons. The monoisotopic (exact) mass is 247 g/mol. The number of nitrogen functional groups attached to an aromatic ring is 1. The molecule has 0 saturated heterocycles. The first-order valence-electron chi connectivity index (χ1n) is 6.70. The number of hydrogen-bond acceptors (Lipinski definition) is 3. The minimum atomic E-state index is 0.338. The average Bonchev–Trinajstić information content (AvgIpc) is 2.26. The number of benzene rings is 1. The van der Waals surface area contributed by atoms with Gasteiger partial charge < -0.3 is 15.5 Å². The maximum absolute atomic E-state index is 6.18. The minimum Gasteiger partial charge on any atom is -0.397 e. The molecule has 2 N–H and O–H groups in total. The standard InChI is InChI=1S/C15H25N3/c1-12-7-5-8-13(14(12)16)18(4)11-15(17(2)3)9-6-10-15/h5,7-8H,6,9-11,16H2,1-4H3. The Morgan fingerprint density at radius 3 is 2.39 bits per heavy atom. The van der Waals surface area contributed by atoms with Crippen molar-refractivity contribution >= 4 is 11.4 Å². The smallest absolute Gasteiger partial charge is 0.0600 e. The Bertz CT molecular complexity index is 422. The van der Waals surface area contributed by atoms with Gasteiger partial charge in [0.25, 0.3) is 0 Å². The van der Waals surface area contributed by atoms with E-state index >= 15 is 0 Å². The van der Waals surface area contributed by atoms with Gasteiger partial charge in [-0.25, -0.2) is 0 Å². The summed E-state index contributed by atoms with van der Waals surface area (Å²) in [5.74, 6) is 0. The topological polar surface area (TPSA) is 32.5 Å². The number of hydrogen-bond donors (Lipinski definition) is 1. The second kappa shape index (κ2) is 4.81. The third-order valence-corrected chi connectivity index (χ3v) is 4.48. The number of nitrogens with two attached hydrogens (primary N) is 1. The maximum atomic E-state index is 6.18. The van der Waals surface area contributed by atoms with E-state index in [-0.39, 0.29) is 0 Å². The van der Waals surface area contributed by atoms with Crippen molar-refractivity contribution in [3.63, 3.8) is 0 Å². The first-order valence-corrected chi connectivity index (χ1v) is 6.70. The molecule has 2 rings (SSSR count). The summed E-state index contributed by atoms with van der Waals surface area (Å²) in [6.45, 7) is 3.12. The highest BCUT2D eigenvalue weighted by Crippen LogP contribution is 2.38. The normalized spacial score (nSPS) is 17.6. The lowest BCUT2D eigenvalue weighted by Gasteiger charge is -2.49. The van der Waals surface area contributed by atoms with Gasteiger partial charge in [-0.05, 0) is 51.9 Å². The molecule has 0 aliphatic heterocycles. The van der Waals surface area contributed by atoms with Crippen LogP contribution in [0.15, 0.2) is 18.2 Å². The van der Waals surface area contributed by atoms with Crippen LogP contribution in [0.5, 0.6) is 0 Å². The highest BCUT2D eigenvalue weighted by molar-refractivity contribution is 5.70. The predicted octanol–water partition coefficient (Wildman–Crippen LogP) is 2.50. The third-order valence-electron chi connectivity index (χ3n) is 4.48. The molecular formula is C15H25N3. The molecule has 3 nitrogen and oxygen atoms in total. The van der Waals surface area contributed by atoms with Gasteiger partial charge in [0.2, 0.25) is 0 Å². The molecule has 1 saturated carbocycles. The van der Waals surface area contributed by atoms with Crippen molar-refractivity contribution in [2.45, 2.75) is 31.7 Å². The zero-order chi connectivity index (χ0) is 13.3. The van der Waals surface area contributed by atoms with Gasteiger partial charge in [0, 0.05) is 19.1 Å². The Labute approximate surface area is 111 Å². The van der Waals surface area contributed by atoms with E-state index in [0.717, 1.165) is 23.5 Å². The summed E-state index contributed by atoms with van der Waals surface area (Å²) in [7, 11) is 6.52. The van der Waals surface area contributed by atoms with Crippen LogP contribution in [0, 0.1) is 6.92 Å². The fourth-order valence-electron chi connectivity index (χ4n) is 2.86. The van der Waals surface area contributed by atoms with Gasteiger partial charge >= 0.3 is 0 Å². The molecule has 0 unspecified atom stereocenters. The molecule has 0 aromatic heterocycles. The highest BCUT2D eigenvalue weighted by atomic mass is 15.2. The van der Waals surface area contributed by atoms with Crippen molar-refractivity contribution in [2.75, 3.05) is 38.3 Å². The molecule has 18 heavy (non-hydrogen) atoms. The Hall–Kier alpha value is -1.22. The van der Waals surface area contributed by atoms with Crippen LogP contribution in [-0.2, 0) is 0 Å². The summed E-state index contributed by atoms with van der Waals surface area (Å²) < 4.78 is 0. The van der Waals surface area contributed by atoms with Crippen molar-refractivity contribution < 1.29 is 0 Å². The highest BCUT2D eigenvalue weighted by Gasteiger charge is 2.40. The number of aryl methyl sites for hydroxylation is 1. The molecule has 0 spiro atoms. The van der Waals surface area contributed by atoms with Gasteiger partial charge in [0.1, 0.15) is 0 Å². The Morgan fingerprint density at radius 1 is 1.22 bits per heavy atom. The van der Waals surface area contributed by atoms with Crippen LogP contribution >= 0.6 is 0 Å². The first kappa shape index (κ1) is 13.2. The molecule has 0 radical (unpaired) electrons. The molecule has 0 bridgehead atoms. The Morgan fingerprint density at radius 2 is 1.89 bits per heavy atom. The van der Waals surface area contributed by atoms with Crippen molar-refractivity contribution in [3.8, 4) is 0 Å². The van der Waals surface area contributed by atoms with Gasteiger partial charge in [-0.3, -0.25) is 0 Å². The summed E-state index contributed by atoms with van der Waals surface area (Å²) in [5.41, 5.74) is 9.75. The molecule has 1 fully saturated rings. The molecule has 1 aliphatic carbocycles. The van der Waals surface area contributed by atoms with Crippen LogP contribution in [0.4, 0.5) is 11.4 Å². The Kier molecular flexibility index (Phi) is 3.53. The van der Waals surface area contributed by atoms with Crippen molar-refractivity contribution in [2.24, 2.45) is 0 Å². The lowest BCUT2D eigenvalue weighted by Crippen LogP contribution is -2.56. The number of anilines is 2. The molecule has 0 amide bonds. The predicted molar refractivity (Wildman–Crippen MR) is 79.1 cm³/mol. The average molecular weight is 247 g/mol. The van der Waals surface area contributed by atoms with Crippen LogP contribution < -0.4 is 10.6 Å². The van der Waals surface area contributed by atoms with Gasteiger partial charge in [0.15, 0.2) is 0 Å². The van der Waals surface area contributed by atoms with E-state index in [1.54, 1.807) is 0 Å². The van der Waals surface area contributed by atoms with Crippen LogP contribution in [0.25, 0.3) is 0 Å². The van der Waals surface area contributed by atoms with E-state index < -0.39 is 0 Å². The number of nitrogens with zero attached hydrogens (tertiary/aromatic N) is 2. The van der Waals surface area contributed by atoms with E-state index in [0.29, 0.717) is 5.54 Å². The van der Waals surface area contributed by atoms with Crippen molar-refractivity contribution in [1.29, 1.82) is 0 Å². The van der Waals surface area contributed by atoms with Crippen molar-refractivity contribution in [3.05, 3.63) is 23.8 Å². The second-order valence-electron chi connectivity index (χ2n) is 5.84. The molecule has 1 aromatic carbocycles. The molecule has 1 aromatic rings. The van der Waals surface area contributed by atoms with Crippen LogP contribution in [0.1, 0.15) is 24.8 Å². The molecule has 0 heterocycles. The summed E-state index contributed by atoms with van der Waals surface area (Å²) >= 11 is 0. The largest absolute Gasteiger partial charge is 0.397 e. The molecule has 1 aliphatic rings. The van der Waals surface area contributed by atoms with Crippen LogP contribution in [0.3, 0.4) is 0 Å². The van der Waals surface area contributed by atoms with E-state index in [2.05, 4.69) is 56.1 Å². The molecule has 0 atom stereocenters. The second-order valence-corrected chi connectivity index (χ2v) is 5.84. The fourth-order valence-corrected chi connectivity index (χ4v) is 2.86. The zero-order valence-electron chi connectivity index (χ0n) is 12.0. The Balaban J connectivity index is 2.17. The third kappa shape index (κ3) is 2.19. The van der Waals surface area contributed by atoms with Crippen molar-refractivity contribution in [1.82, 2.24) is 4.90 Å². The number of para-hydroxylation sites is 1. The summed E-state index contributed by atoms with van der Waals surface area (Å²) in [5, 5.41) is 0. The van der Waals surface area contributed by atoms with E-state index in [1.165, 1.54) is 19.3 Å². The quantitative estimate of drug-likeness (QED) is 0.830. The molecular weight excluding hydrogens is 222 g/mol. The lowest BCUT2D eigenvalue weighted by molar-refractivity contribution is 0.0683. The van der Waals surface area contributed by atoms with Gasteiger partial charge in [-0.15, -0.1) is 0 Å². The van der Waals surface area contributed by atoms with Crippen LogP contribution in [-0.4, -0.2) is 38.1 Å². The van der Waals surface area contributed by atoms with E-state index in [1.807, 2.05) is 0 Å². The van der Waals surface area contributed by atoms with Gasteiger partial charge in [0.05, 0.1) is 11.4 Å². The fraction of sp³-hybridized carbons (Fsp3) is 0.600. The number of rotatable bonds is 4. The maximum Gasteiger partial charge on any atom is 0.0600 e. The van der Waals surface area contributed by atoms with Gasteiger partial charge in [-0.2, -0.15) is 0 Å². The number of likely N-dealkylation sites (N-methyl/N-ethyl adjacent to an activating group) is 2.